The van der Waals surface area contributed by atoms with Crippen LogP contribution in [0.4, 0.5) is 5.82 Å². The number of sulfonamides is 1. The second-order valence-corrected chi connectivity index (χ2v) is 10.3. The molecule has 3 N–H and O–H groups in total. The number of aromatic nitrogens is 1. The van der Waals surface area contributed by atoms with Crippen molar-refractivity contribution >= 4 is 27.4 Å². The van der Waals surface area contributed by atoms with E-state index in [1.54, 1.807) is 0 Å². The predicted molar refractivity (Wildman–Crippen MR) is 101 cm³/mol. The van der Waals surface area contributed by atoms with Crippen molar-refractivity contribution in [3.63, 3.8) is 0 Å². The summed E-state index contributed by atoms with van der Waals surface area (Å²) in [6, 6.07) is 1.37. The van der Waals surface area contributed by atoms with Crippen LogP contribution in [0.1, 0.15) is 39.0 Å². The van der Waals surface area contributed by atoms with Gasteiger partial charge in [0.1, 0.15) is 10.7 Å². The third-order valence-electron chi connectivity index (χ3n) is 5.87. The summed E-state index contributed by atoms with van der Waals surface area (Å²) in [5.41, 5.74) is 0. The van der Waals surface area contributed by atoms with Crippen LogP contribution in [0.2, 0.25) is 5.02 Å². The average molecular weight is 400 g/mol. The molecular formula is C18H26ClN3O3S. The molecule has 3 saturated carbocycles. The molecule has 0 spiro atoms. The van der Waals surface area contributed by atoms with Gasteiger partial charge in [0.2, 0.25) is 10.0 Å². The van der Waals surface area contributed by atoms with E-state index < -0.39 is 16.1 Å². The van der Waals surface area contributed by atoms with Crippen molar-refractivity contribution in [3.05, 3.63) is 17.3 Å². The molecular weight excluding hydrogens is 374 g/mol. The first-order chi connectivity index (χ1) is 12.4. The molecule has 1 aromatic rings. The van der Waals surface area contributed by atoms with Gasteiger partial charge in [-0.3, -0.25) is 0 Å². The third-order valence-corrected chi connectivity index (χ3v) is 7.64. The lowest BCUT2D eigenvalue weighted by Gasteiger charge is -2.16. The smallest absolute Gasteiger partial charge is 0.242 e. The summed E-state index contributed by atoms with van der Waals surface area (Å²) in [6.07, 6.45) is 6.65. The zero-order valence-corrected chi connectivity index (χ0v) is 16.4. The van der Waals surface area contributed by atoms with E-state index in [9.17, 15) is 13.5 Å². The molecule has 1 unspecified atom stereocenters. The van der Waals surface area contributed by atoms with Crippen molar-refractivity contribution < 1.29 is 13.5 Å². The highest BCUT2D eigenvalue weighted by Crippen LogP contribution is 2.55. The van der Waals surface area contributed by atoms with Gasteiger partial charge in [-0.25, -0.2) is 18.1 Å². The van der Waals surface area contributed by atoms with E-state index in [1.165, 1.54) is 18.7 Å². The molecule has 3 fully saturated rings. The quantitative estimate of drug-likeness (QED) is 0.593. The fraction of sp³-hybridized carbons (Fsp3) is 0.722. The summed E-state index contributed by atoms with van der Waals surface area (Å²) in [5.74, 6) is 3.40. The standard InChI is InChI=1S/C18H26ClN3O3S/c1-10-4-14(10)15-7-17(15)21-18-16(19)6-13(8-20-18)26(24,25)22-12(9-23)5-11-2-3-11/h6,8,10-12,14-15,17,22-23H,2-5,7,9H2,1H3,(H,20,21)/t10-,12?,14-,15+,17-/m1/s1. The molecule has 3 aliphatic carbocycles. The lowest BCUT2D eigenvalue weighted by Crippen LogP contribution is -2.37. The molecule has 4 rings (SSSR count). The van der Waals surface area contributed by atoms with Crippen LogP contribution in [0.15, 0.2) is 17.2 Å². The van der Waals surface area contributed by atoms with Crippen molar-refractivity contribution in [2.24, 2.45) is 23.7 Å². The topological polar surface area (TPSA) is 91.3 Å². The highest BCUT2D eigenvalue weighted by molar-refractivity contribution is 7.89. The van der Waals surface area contributed by atoms with Gasteiger partial charge < -0.3 is 10.4 Å². The number of aliphatic hydroxyl groups is 1. The lowest BCUT2D eigenvalue weighted by molar-refractivity contribution is 0.246. The van der Waals surface area contributed by atoms with E-state index in [0.717, 1.165) is 31.1 Å². The van der Waals surface area contributed by atoms with Gasteiger partial charge in [-0.2, -0.15) is 0 Å². The molecule has 0 aromatic carbocycles. The monoisotopic (exact) mass is 399 g/mol. The molecule has 0 aliphatic heterocycles. The summed E-state index contributed by atoms with van der Waals surface area (Å²) >= 11 is 6.28. The zero-order chi connectivity index (χ0) is 18.5. The van der Waals surface area contributed by atoms with Crippen LogP contribution in [0.5, 0.6) is 0 Å². The molecule has 26 heavy (non-hydrogen) atoms. The van der Waals surface area contributed by atoms with Gasteiger partial charge in [-0.05, 0) is 49.0 Å². The largest absolute Gasteiger partial charge is 0.395 e. The lowest BCUT2D eigenvalue weighted by atomic mass is 10.2. The van der Waals surface area contributed by atoms with Gasteiger partial charge in [-0.15, -0.1) is 0 Å². The van der Waals surface area contributed by atoms with Gasteiger partial charge in [0.15, 0.2) is 0 Å². The molecule has 6 nitrogen and oxygen atoms in total. The summed E-state index contributed by atoms with van der Waals surface area (Å²) in [4.78, 5) is 4.27. The molecule has 1 aromatic heterocycles. The molecule has 144 valence electrons. The van der Waals surface area contributed by atoms with Crippen LogP contribution < -0.4 is 10.0 Å². The molecule has 0 bridgehead atoms. The molecule has 0 saturated heterocycles. The van der Waals surface area contributed by atoms with Crippen LogP contribution in [0.3, 0.4) is 0 Å². The summed E-state index contributed by atoms with van der Waals surface area (Å²) < 4.78 is 27.7. The van der Waals surface area contributed by atoms with Crippen molar-refractivity contribution in [2.75, 3.05) is 11.9 Å². The van der Waals surface area contributed by atoms with Crippen molar-refractivity contribution in [3.8, 4) is 0 Å². The molecule has 1 heterocycles. The second kappa shape index (κ2) is 6.93. The Balaban J connectivity index is 1.39. The Kier molecular flexibility index (Phi) is 4.92. The fourth-order valence-electron chi connectivity index (χ4n) is 3.85. The first-order valence-electron chi connectivity index (χ1n) is 9.42. The van der Waals surface area contributed by atoms with Crippen LogP contribution >= 0.6 is 11.6 Å². The van der Waals surface area contributed by atoms with Crippen LogP contribution in [0.25, 0.3) is 0 Å². The summed E-state index contributed by atoms with van der Waals surface area (Å²) in [6.45, 7) is 2.07. The Morgan fingerprint density at radius 3 is 2.65 bits per heavy atom. The maximum atomic E-state index is 12.5. The second-order valence-electron chi connectivity index (χ2n) is 8.21. The van der Waals surface area contributed by atoms with Crippen LogP contribution in [0, 0.1) is 23.7 Å². The third kappa shape index (κ3) is 4.16. The number of hydrogen-bond acceptors (Lipinski definition) is 5. The summed E-state index contributed by atoms with van der Waals surface area (Å²) in [7, 11) is -3.75. The highest BCUT2D eigenvalue weighted by atomic mass is 35.5. The van der Waals surface area contributed by atoms with Crippen molar-refractivity contribution in [1.29, 1.82) is 0 Å². The predicted octanol–water partition coefficient (Wildman–Crippen LogP) is 2.63. The minimum absolute atomic E-state index is 0.0328. The number of halogens is 1. The molecule has 0 radical (unpaired) electrons. The molecule has 5 atom stereocenters. The van der Waals surface area contributed by atoms with E-state index in [1.807, 2.05) is 0 Å². The number of anilines is 1. The van der Waals surface area contributed by atoms with Crippen molar-refractivity contribution in [1.82, 2.24) is 9.71 Å². The van der Waals surface area contributed by atoms with Gasteiger partial charge in [0.05, 0.1) is 11.6 Å². The minimum atomic E-state index is -3.75. The van der Waals surface area contributed by atoms with E-state index in [-0.39, 0.29) is 11.5 Å². The summed E-state index contributed by atoms with van der Waals surface area (Å²) in [5, 5.41) is 13.1. The van der Waals surface area contributed by atoms with E-state index >= 15 is 0 Å². The van der Waals surface area contributed by atoms with Crippen molar-refractivity contribution in [2.45, 2.75) is 56.0 Å². The Morgan fingerprint density at radius 2 is 2.08 bits per heavy atom. The Labute approximate surface area is 159 Å². The Hall–Kier alpha value is -0.890. The van der Waals surface area contributed by atoms with Crippen LogP contribution in [-0.4, -0.2) is 37.2 Å². The number of hydrogen-bond donors (Lipinski definition) is 3. The first kappa shape index (κ1) is 18.5. The van der Waals surface area contributed by atoms with Gasteiger partial charge >= 0.3 is 0 Å². The zero-order valence-electron chi connectivity index (χ0n) is 14.9. The highest BCUT2D eigenvalue weighted by Gasteiger charge is 2.51. The molecule has 8 heteroatoms. The van der Waals surface area contributed by atoms with E-state index in [0.29, 0.717) is 35.1 Å². The number of pyridine rings is 1. The Morgan fingerprint density at radius 1 is 1.35 bits per heavy atom. The normalized spacial score (nSPS) is 31.5. The number of rotatable bonds is 9. The fourth-order valence-corrected chi connectivity index (χ4v) is 5.35. The number of nitrogens with zero attached hydrogens (tertiary/aromatic N) is 1. The molecule has 0 amide bonds. The molecule has 3 aliphatic rings. The van der Waals surface area contributed by atoms with E-state index in [4.69, 9.17) is 11.6 Å². The first-order valence-corrected chi connectivity index (χ1v) is 11.3. The van der Waals surface area contributed by atoms with E-state index in [2.05, 4.69) is 21.9 Å². The average Bonchev–Trinajstić information content (AvgIpc) is 3.43. The Bertz CT molecular complexity index is 784. The van der Waals surface area contributed by atoms with Gasteiger partial charge in [0, 0.05) is 18.3 Å². The number of aliphatic hydroxyl groups excluding tert-OH is 1. The SMILES string of the molecule is C[C@@H]1C[C@H]1[C@@H]1C[C@H]1Nc1ncc(S(=O)(=O)NC(CO)CC2CC2)cc1Cl. The minimum Gasteiger partial charge on any atom is -0.395 e. The van der Waals surface area contributed by atoms with Gasteiger partial charge in [0.25, 0.3) is 0 Å². The van der Waals surface area contributed by atoms with Crippen LogP contribution in [-0.2, 0) is 10.0 Å². The van der Waals surface area contributed by atoms with Gasteiger partial charge in [-0.1, -0.05) is 31.4 Å². The maximum absolute atomic E-state index is 12.5. The maximum Gasteiger partial charge on any atom is 0.242 e. The number of nitrogens with one attached hydrogen (secondary N) is 2.